The van der Waals surface area contributed by atoms with Crippen molar-refractivity contribution in [3.63, 3.8) is 0 Å². The normalized spacial score (nSPS) is 14.4. The Balaban J connectivity index is 1.70. The van der Waals surface area contributed by atoms with E-state index < -0.39 is 0 Å². The van der Waals surface area contributed by atoms with Gasteiger partial charge in [-0.2, -0.15) is 0 Å². The molecule has 0 aromatic carbocycles. The summed E-state index contributed by atoms with van der Waals surface area (Å²) < 4.78 is 2.07. The SMILES string of the molecule is C=CCn1c(SCC(=O)c2ccc[nH]2)nnc1C1CC1. The fraction of sp³-hybridized carbons (Fsp3) is 0.357. The summed E-state index contributed by atoms with van der Waals surface area (Å²) in [5, 5.41) is 9.28. The van der Waals surface area contributed by atoms with E-state index >= 15 is 0 Å². The number of Topliss-reactive ketones (excluding diaryl/α,β-unsaturated/α-hetero) is 1. The van der Waals surface area contributed by atoms with Crippen molar-refractivity contribution in [2.24, 2.45) is 0 Å². The Kier molecular flexibility index (Phi) is 3.73. The molecule has 20 heavy (non-hydrogen) atoms. The number of aromatic amines is 1. The molecule has 2 aromatic heterocycles. The fourth-order valence-corrected chi connectivity index (χ4v) is 2.90. The molecule has 1 aliphatic rings. The van der Waals surface area contributed by atoms with Crippen LogP contribution in [0.4, 0.5) is 0 Å². The molecule has 0 radical (unpaired) electrons. The Bertz CT molecular complexity index is 613. The zero-order valence-corrected chi connectivity index (χ0v) is 11.9. The van der Waals surface area contributed by atoms with Gasteiger partial charge in [0.25, 0.3) is 0 Å². The molecule has 6 heteroatoms. The van der Waals surface area contributed by atoms with Crippen LogP contribution in [0.5, 0.6) is 0 Å². The van der Waals surface area contributed by atoms with Gasteiger partial charge in [0.2, 0.25) is 0 Å². The number of aromatic nitrogens is 4. The number of nitrogens with one attached hydrogen (secondary N) is 1. The lowest BCUT2D eigenvalue weighted by molar-refractivity contribution is 0.101. The molecule has 0 atom stereocenters. The lowest BCUT2D eigenvalue weighted by Gasteiger charge is -2.06. The van der Waals surface area contributed by atoms with E-state index in [1.807, 2.05) is 12.1 Å². The smallest absolute Gasteiger partial charge is 0.191 e. The van der Waals surface area contributed by atoms with Crippen LogP contribution in [0.15, 0.2) is 36.1 Å². The van der Waals surface area contributed by atoms with Gasteiger partial charge >= 0.3 is 0 Å². The van der Waals surface area contributed by atoms with Gasteiger partial charge in [-0.25, -0.2) is 0 Å². The molecular formula is C14H16N4OS. The van der Waals surface area contributed by atoms with Crippen molar-refractivity contribution < 1.29 is 4.79 Å². The van der Waals surface area contributed by atoms with Crippen molar-refractivity contribution in [1.82, 2.24) is 19.7 Å². The van der Waals surface area contributed by atoms with E-state index in [1.165, 1.54) is 24.6 Å². The highest BCUT2D eigenvalue weighted by molar-refractivity contribution is 7.99. The molecule has 1 N–H and O–H groups in total. The van der Waals surface area contributed by atoms with Crippen LogP contribution >= 0.6 is 11.8 Å². The van der Waals surface area contributed by atoms with E-state index in [-0.39, 0.29) is 5.78 Å². The number of carbonyl (C=O) groups is 1. The van der Waals surface area contributed by atoms with Gasteiger partial charge in [-0.15, -0.1) is 16.8 Å². The van der Waals surface area contributed by atoms with Crippen LogP contribution in [0, 0.1) is 0 Å². The molecule has 1 saturated carbocycles. The van der Waals surface area contributed by atoms with Crippen molar-refractivity contribution in [2.45, 2.75) is 30.5 Å². The summed E-state index contributed by atoms with van der Waals surface area (Å²) in [7, 11) is 0. The van der Waals surface area contributed by atoms with Crippen LogP contribution < -0.4 is 0 Å². The maximum atomic E-state index is 12.0. The summed E-state index contributed by atoms with van der Waals surface area (Å²) >= 11 is 1.43. The molecule has 1 aliphatic carbocycles. The number of rotatable bonds is 7. The Hall–Kier alpha value is -1.82. The van der Waals surface area contributed by atoms with Gasteiger partial charge < -0.3 is 9.55 Å². The summed E-state index contributed by atoms with van der Waals surface area (Å²) in [6.07, 6.45) is 5.96. The number of hydrogen-bond acceptors (Lipinski definition) is 4. The topological polar surface area (TPSA) is 63.6 Å². The second-order valence-corrected chi connectivity index (χ2v) is 5.75. The molecule has 3 rings (SSSR count). The van der Waals surface area contributed by atoms with Crippen LogP contribution in [0.1, 0.15) is 35.1 Å². The number of ketones is 1. The third kappa shape index (κ3) is 2.70. The van der Waals surface area contributed by atoms with Gasteiger partial charge in [0.15, 0.2) is 10.9 Å². The molecule has 0 amide bonds. The van der Waals surface area contributed by atoms with Crippen molar-refractivity contribution in [2.75, 3.05) is 5.75 Å². The highest BCUT2D eigenvalue weighted by Gasteiger charge is 2.30. The van der Waals surface area contributed by atoms with E-state index in [0.717, 1.165) is 11.0 Å². The minimum Gasteiger partial charge on any atom is -0.359 e. The Morgan fingerprint density at radius 1 is 1.55 bits per heavy atom. The van der Waals surface area contributed by atoms with E-state index in [2.05, 4.69) is 26.3 Å². The molecular weight excluding hydrogens is 272 g/mol. The average Bonchev–Trinajstić information content (AvgIpc) is 3.01. The fourth-order valence-electron chi connectivity index (χ4n) is 2.06. The molecule has 0 unspecified atom stereocenters. The number of hydrogen-bond donors (Lipinski definition) is 1. The van der Waals surface area contributed by atoms with Crippen LogP contribution in [0.3, 0.4) is 0 Å². The summed E-state index contributed by atoms with van der Waals surface area (Å²) in [6.45, 7) is 4.47. The summed E-state index contributed by atoms with van der Waals surface area (Å²) in [5.41, 5.74) is 0.634. The second-order valence-electron chi connectivity index (χ2n) is 4.81. The third-order valence-corrected chi connectivity index (χ3v) is 4.20. The van der Waals surface area contributed by atoms with Crippen LogP contribution in [0.25, 0.3) is 0 Å². The molecule has 0 saturated heterocycles. The molecule has 2 aromatic rings. The molecule has 0 aliphatic heterocycles. The first-order valence-electron chi connectivity index (χ1n) is 6.63. The molecule has 2 heterocycles. The van der Waals surface area contributed by atoms with Gasteiger partial charge in [0.1, 0.15) is 5.82 Å². The Morgan fingerprint density at radius 3 is 3.05 bits per heavy atom. The molecule has 0 bridgehead atoms. The minimum absolute atomic E-state index is 0.0705. The van der Waals surface area contributed by atoms with Gasteiger partial charge in [0.05, 0.1) is 11.4 Å². The lowest BCUT2D eigenvalue weighted by Crippen LogP contribution is -2.06. The van der Waals surface area contributed by atoms with Crippen molar-refractivity contribution in [3.8, 4) is 0 Å². The highest BCUT2D eigenvalue weighted by atomic mass is 32.2. The van der Waals surface area contributed by atoms with E-state index in [4.69, 9.17) is 0 Å². The third-order valence-electron chi connectivity index (χ3n) is 3.23. The molecule has 1 fully saturated rings. The first-order chi connectivity index (χ1) is 9.79. The van der Waals surface area contributed by atoms with Crippen molar-refractivity contribution in [3.05, 3.63) is 42.5 Å². The van der Waals surface area contributed by atoms with Crippen LogP contribution in [-0.4, -0.2) is 31.3 Å². The van der Waals surface area contributed by atoms with Crippen molar-refractivity contribution >= 4 is 17.5 Å². The average molecular weight is 288 g/mol. The van der Waals surface area contributed by atoms with Crippen molar-refractivity contribution in [1.29, 1.82) is 0 Å². The number of allylic oxidation sites excluding steroid dienone is 1. The van der Waals surface area contributed by atoms with Crippen LogP contribution in [0.2, 0.25) is 0 Å². The number of thioether (sulfide) groups is 1. The predicted octanol–water partition coefficient (Wildman–Crippen LogP) is 2.64. The standard InChI is InChI=1S/C14H16N4OS/c1-2-8-18-13(10-5-6-10)16-17-14(18)20-9-12(19)11-4-3-7-15-11/h2-4,7,10,15H,1,5-6,8-9H2. The zero-order valence-electron chi connectivity index (χ0n) is 11.1. The number of nitrogens with zero attached hydrogens (tertiary/aromatic N) is 3. The molecule has 104 valence electrons. The van der Waals surface area contributed by atoms with Gasteiger partial charge in [-0.3, -0.25) is 4.79 Å². The van der Waals surface area contributed by atoms with E-state index in [0.29, 0.717) is 23.9 Å². The summed E-state index contributed by atoms with van der Waals surface area (Å²) in [5.74, 6) is 2.00. The highest BCUT2D eigenvalue weighted by Crippen LogP contribution is 2.40. The second kappa shape index (κ2) is 5.66. The largest absolute Gasteiger partial charge is 0.359 e. The maximum Gasteiger partial charge on any atom is 0.191 e. The van der Waals surface area contributed by atoms with E-state index in [1.54, 1.807) is 12.3 Å². The Morgan fingerprint density at radius 2 is 2.40 bits per heavy atom. The first kappa shape index (κ1) is 13.2. The molecule has 5 nitrogen and oxygen atoms in total. The van der Waals surface area contributed by atoms with Gasteiger partial charge in [-0.05, 0) is 25.0 Å². The zero-order chi connectivity index (χ0) is 13.9. The van der Waals surface area contributed by atoms with E-state index in [9.17, 15) is 4.79 Å². The van der Waals surface area contributed by atoms with Crippen LogP contribution in [-0.2, 0) is 6.54 Å². The number of H-pyrrole nitrogens is 1. The summed E-state index contributed by atoms with van der Waals surface area (Å²) in [4.78, 5) is 14.9. The Labute approximate surface area is 121 Å². The molecule has 0 spiro atoms. The minimum atomic E-state index is 0.0705. The van der Waals surface area contributed by atoms with Gasteiger partial charge in [-0.1, -0.05) is 17.8 Å². The quantitative estimate of drug-likeness (QED) is 0.483. The first-order valence-corrected chi connectivity index (χ1v) is 7.61. The lowest BCUT2D eigenvalue weighted by atomic mass is 10.3. The van der Waals surface area contributed by atoms with Gasteiger partial charge in [0, 0.05) is 18.7 Å². The maximum absolute atomic E-state index is 12.0. The number of carbonyl (C=O) groups excluding carboxylic acids is 1. The monoisotopic (exact) mass is 288 g/mol. The predicted molar refractivity (Wildman–Crippen MR) is 78.0 cm³/mol. The summed E-state index contributed by atoms with van der Waals surface area (Å²) in [6, 6.07) is 3.61.